The molecule has 14 heteroatoms. The zero-order valence-electron chi connectivity index (χ0n) is 21.9. The summed E-state index contributed by atoms with van der Waals surface area (Å²) >= 11 is 0. The highest BCUT2D eigenvalue weighted by molar-refractivity contribution is 7.92. The summed E-state index contributed by atoms with van der Waals surface area (Å²) in [5.74, 6) is -0.555. The molecule has 1 amide bonds. The number of carbonyl (C=O) groups is 1. The summed E-state index contributed by atoms with van der Waals surface area (Å²) in [6.45, 7) is 4.85. The van der Waals surface area contributed by atoms with Crippen LogP contribution in [0.4, 0.5) is 16.2 Å². The third-order valence-corrected chi connectivity index (χ3v) is 7.73. The molecule has 0 radical (unpaired) electrons. The number of phosphoric ester groups is 1. The van der Waals surface area contributed by atoms with Gasteiger partial charge in [0.15, 0.2) is 0 Å². The van der Waals surface area contributed by atoms with Crippen LogP contribution < -0.4 is 15.8 Å². The number of nitrogens with one attached hydrogen (secondary N) is 2. The van der Waals surface area contributed by atoms with Gasteiger partial charge in [0.25, 0.3) is 0 Å². The predicted octanol–water partition coefficient (Wildman–Crippen LogP) is 2.81. The van der Waals surface area contributed by atoms with Crippen molar-refractivity contribution in [3.63, 3.8) is 0 Å². The number of phosphoric acid groups is 1. The Morgan fingerprint density at radius 1 is 1.13 bits per heavy atom. The number of hydrogen-bond acceptors (Lipinski definition) is 8. The smallest absolute Gasteiger partial charge is 0.443 e. The Balaban J connectivity index is 1.84. The van der Waals surface area contributed by atoms with Gasteiger partial charge >= 0.3 is 13.9 Å². The molecule has 1 heterocycles. The van der Waals surface area contributed by atoms with Crippen molar-refractivity contribution in [3.05, 3.63) is 59.7 Å². The number of benzene rings is 2. The van der Waals surface area contributed by atoms with Crippen LogP contribution >= 0.6 is 7.82 Å². The van der Waals surface area contributed by atoms with Crippen LogP contribution in [0.5, 0.6) is 0 Å². The molecule has 0 aromatic heterocycles. The number of nitrogen functional groups attached to an aromatic ring is 1. The van der Waals surface area contributed by atoms with E-state index in [0.29, 0.717) is 24.5 Å². The molecule has 39 heavy (non-hydrogen) atoms. The molecule has 0 aliphatic carbocycles. The van der Waals surface area contributed by atoms with Crippen molar-refractivity contribution < 1.29 is 41.6 Å². The summed E-state index contributed by atoms with van der Waals surface area (Å²) in [4.78, 5) is 31.8. The van der Waals surface area contributed by atoms with E-state index in [2.05, 4.69) is 10.0 Å². The lowest BCUT2D eigenvalue weighted by Gasteiger charge is -2.28. The second kappa shape index (κ2) is 13.6. The lowest BCUT2D eigenvalue weighted by molar-refractivity contribution is 0.0109. The minimum atomic E-state index is -5.20. The third kappa shape index (κ3) is 10.8. The first-order valence-electron chi connectivity index (χ1n) is 12.5. The lowest BCUT2D eigenvalue weighted by atomic mass is 10.0. The van der Waals surface area contributed by atoms with Gasteiger partial charge in [-0.3, -0.25) is 9.25 Å². The fraction of sp³-hybridized carbons (Fsp3) is 0.480. The van der Waals surface area contributed by atoms with Crippen molar-refractivity contribution in [2.24, 2.45) is 5.92 Å². The summed E-state index contributed by atoms with van der Waals surface area (Å²) in [7, 11) is -9.49. The Bertz CT molecular complexity index is 1250. The fourth-order valence-corrected chi connectivity index (χ4v) is 6.18. The van der Waals surface area contributed by atoms with Crippen LogP contribution in [0.2, 0.25) is 0 Å². The van der Waals surface area contributed by atoms with Gasteiger partial charge in [-0.2, -0.15) is 0 Å². The largest absolute Gasteiger partial charge is 0.470 e. The van der Waals surface area contributed by atoms with Crippen LogP contribution in [0.3, 0.4) is 0 Å². The third-order valence-electron chi connectivity index (χ3n) is 5.89. The van der Waals surface area contributed by atoms with E-state index >= 15 is 0 Å². The first kappa shape index (κ1) is 30.9. The van der Waals surface area contributed by atoms with E-state index in [4.69, 9.17) is 19.7 Å². The standard InChI is InChI=1S/C25H36N3O9PS/c1-17(2)12-19-8-9-22(21(26)13-19)28-39(33,34)16-24(37-38(30,31)32)23(14-18-6-4-3-5-7-18)36-25(29)27-20-10-11-35-15-20/h3-9,13,17,20,23-24,28H,10-12,14-16,26H2,1-2H3,(H,27,29)(H2,30,31,32)/t20-,23-,24-/m0/s1. The van der Waals surface area contributed by atoms with Gasteiger partial charge in [0.2, 0.25) is 10.0 Å². The zero-order valence-corrected chi connectivity index (χ0v) is 23.6. The molecule has 2 aromatic carbocycles. The van der Waals surface area contributed by atoms with Crippen LogP contribution in [0, 0.1) is 5.92 Å². The molecule has 12 nitrogen and oxygen atoms in total. The monoisotopic (exact) mass is 585 g/mol. The Hall–Kier alpha value is -2.67. The minimum Gasteiger partial charge on any atom is -0.443 e. The Morgan fingerprint density at radius 2 is 1.85 bits per heavy atom. The van der Waals surface area contributed by atoms with Gasteiger partial charge in [0.05, 0.1) is 29.8 Å². The van der Waals surface area contributed by atoms with Gasteiger partial charge in [0.1, 0.15) is 12.2 Å². The van der Waals surface area contributed by atoms with Gasteiger partial charge < -0.3 is 30.3 Å². The minimum absolute atomic E-state index is 0.0678. The van der Waals surface area contributed by atoms with Crippen LogP contribution in [0.15, 0.2) is 48.5 Å². The van der Waals surface area contributed by atoms with E-state index in [1.807, 2.05) is 13.8 Å². The van der Waals surface area contributed by atoms with Crippen molar-refractivity contribution >= 4 is 35.3 Å². The maximum Gasteiger partial charge on any atom is 0.470 e. The number of amides is 1. The van der Waals surface area contributed by atoms with E-state index < -0.39 is 41.9 Å². The Morgan fingerprint density at radius 3 is 2.44 bits per heavy atom. The van der Waals surface area contributed by atoms with Crippen molar-refractivity contribution in [2.75, 3.05) is 29.4 Å². The summed E-state index contributed by atoms with van der Waals surface area (Å²) in [6.07, 6.45) is -2.73. The van der Waals surface area contributed by atoms with Crippen molar-refractivity contribution in [1.29, 1.82) is 0 Å². The van der Waals surface area contributed by atoms with Crippen LogP contribution in [-0.2, 0) is 41.4 Å². The van der Waals surface area contributed by atoms with Gasteiger partial charge in [-0.15, -0.1) is 0 Å². The SMILES string of the molecule is CC(C)Cc1ccc(NS(=O)(=O)C[C@H](OP(=O)(O)O)[C@H](Cc2ccccc2)OC(=O)N[C@H]2CCOC2)c(N)c1. The molecule has 216 valence electrons. The topological polar surface area (TPSA) is 187 Å². The van der Waals surface area contributed by atoms with E-state index in [1.54, 1.807) is 42.5 Å². The van der Waals surface area contributed by atoms with Crippen LogP contribution in [0.1, 0.15) is 31.4 Å². The number of rotatable bonds is 13. The Kier molecular flexibility index (Phi) is 10.8. The number of alkyl carbamates (subject to hydrolysis) is 1. The number of ether oxygens (including phenoxy) is 2. The van der Waals surface area contributed by atoms with E-state index in [0.717, 1.165) is 12.0 Å². The van der Waals surface area contributed by atoms with Crippen molar-refractivity contribution in [2.45, 2.75) is 51.4 Å². The maximum atomic E-state index is 13.2. The van der Waals surface area contributed by atoms with Gasteiger partial charge in [0, 0.05) is 13.0 Å². The van der Waals surface area contributed by atoms with Gasteiger partial charge in [-0.1, -0.05) is 50.2 Å². The molecule has 3 atom stereocenters. The van der Waals surface area contributed by atoms with E-state index in [9.17, 15) is 27.6 Å². The molecule has 0 unspecified atom stereocenters. The van der Waals surface area contributed by atoms with Gasteiger partial charge in [-0.25, -0.2) is 17.8 Å². The number of anilines is 2. The zero-order chi connectivity index (χ0) is 28.6. The molecular formula is C25H36N3O9PS. The molecule has 3 rings (SSSR count). The second-order valence-electron chi connectivity index (χ2n) is 9.88. The van der Waals surface area contributed by atoms with Crippen LogP contribution in [0.25, 0.3) is 0 Å². The molecule has 0 saturated carbocycles. The van der Waals surface area contributed by atoms with Crippen molar-refractivity contribution in [1.82, 2.24) is 5.32 Å². The van der Waals surface area contributed by atoms with Crippen molar-refractivity contribution in [3.8, 4) is 0 Å². The summed E-state index contributed by atoms with van der Waals surface area (Å²) < 4.78 is 56.2. The molecule has 2 aromatic rings. The summed E-state index contributed by atoms with van der Waals surface area (Å²) in [5, 5.41) is 2.62. The first-order valence-corrected chi connectivity index (χ1v) is 15.7. The average Bonchev–Trinajstić information content (AvgIpc) is 3.32. The fourth-order valence-electron chi connectivity index (χ4n) is 4.19. The average molecular weight is 586 g/mol. The summed E-state index contributed by atoms with van der Waals surface area (Å²) in [5.41, 5.74) is 7.94. The Labute approximate surface area is 228 Å². The number of sulfonamides is 1. The number of nitrogens with two attached hydrogens (primary N) is 1. The second-order valence-corrected chi connectivity index (χ2v) is 12.8. The molecular weight excluding hydrogens is 549 g/mol. The maximum absolute atomic E-state index is 13.2. The van der Waals surface area contributed by atoms with Crippen LogP contribution in [-0.4, -0.2) is 61.5 Å². The highest BCUT2D eigenvalue weighted by atomic mass is 32.2. The quantitative estimate of drug-likeness (QED) is 0.173. The number of carbonyl (C=O) groups excluding carboxylic acids is 1. The molecule has 1 fully saturated rings. The highest BCUT2D eigenvalue weighted by Crippen LogP contribution is 2.39. The normalized spacial score (nSPS) is 17.5. The lowest BCUT2D eigenvalue weighted by Crippen LogP contribution is -2.44. The molecule has 0 bridgehead atoms. The molecule has 1 aliphatic heterocycles. The molecule has 6 N–H and O–H groups in total. The summed E-state index contributed by atoms with van der Waals surface area (Å²) in [6, 6.07) is 13.3. The highest BCUT2D eigenvalue weighted by Gasteiger charge is 2.37. The first-order chi connectivity index (χ1) is 18.3. The van der Waals surface area contributed by atoms with E-state index in [1.165, 1.54) is 6.07 Å². The molecule has 1 saturated heterocycles. The number of hydrogen-bond donors (Lipinski definition) is 5. The van der Waals surface area contributed by atoms with Gasteiger partial charge in [-0.05, 0) is 42.0 Å². The van der Waals surface area contributed by atoms with E-state index in [-0.39, 0.29) is 30.4 Å². The molecule has 0 spiro atoms. The molecule has 1 aliphatic rings. The predicted molar refractivity (Wildman–Crippen MR) is 146 cm³/mol.